The Hall–Kier alpha value is -0.790. The molecule has 0 fully saturated rings. The molecule has 7 heavy (non-hydrogen) atoms. The van der Waals surface area contributed by atoms with Crippen LogP contribution in [0.15, 0.2) is 12.7 Å². The molecule has 0 saturated carbocycles. The van der Waals surface area contributed by atoms with Gasteiger partial charge in [-0.2, -0.15) is 0 Å². The van der Waals surface area contributed by atoms with Crippen molar-refractivity contribution in [1.29, 1.82) is 0 Å². The lowest BCUT2D eigenvalue weighted by molar-refractivity contribution is -0.136. The molecule has 0 aliphatic rings. The second-order valence-electron chi connectivity index (χ2n) is 0.834. The third-order valence-corrected chi connectivity index (χ3v) is 0.392. The van der Waals surface area contributed by atoms with Gasteiger partial charge in [-0.25, -0.2) is 4.79 Å². The summed E-state index contributed by atoms with van der Waals surface area (Å²) < 4.78 is 10.8. The number of carbonyl (C=O) groups is 1. The van der Waals surface area contributed by atoms with Gasteiger partial charge in [0.25, 0.3) is 0 Å². The van der Waals surface area contributed by atoms with E-state index in [-0.39, 0.29) is 6.61 Å². The minimum atomic E-state index is -0.492. The summed E-state index contributed by atoms with van der Waals surface area (Å²) in [5.41, 5.74) is 0. The Bertz CT molecular complexity index is 90.4. The molecule has 39 valence electrons. The molecule has 0 aromatic heterocycles. The van der Waals surface area contributed by atoms with Crippen molar-refractivity contribution in [3.8, 4) is 0 Å². The van der Waals surface area contributed by atoms with Crippen LogP contribution in [0.25, 0.3) is 0 Å². The van der Waals surface area contributed by atoms with Gasteiger partial charge in [0, 0.05) is 7.45 Å². The highest BCUT2D eigenvalue weighted by atomic mass is 16.5. The van der Waals surface area contributed by atoms with E-state index in [0.717, 1.165) is 13.0 Å². The lowest BCUT2D eigenvalue weighted by atomic mass is 10.6. The zero-order valence-electron chi connectivity index (χ0n) is 4.89. The lowest BCUT2D eigenvalue weighted by Crippen LogP contribution is -1.97. The van der Waals surface area contributed by atoms with Crippen molar-refractivity contribution in [2.45, 2.75) is 0 Å². The summed E-state index contributed by atoms with van der Waals surface area (Å²) in [6, 6.07) is 0. The molecular formula is C5H7O2. The average Bonchev–Trinajstić information content (AvgIpc) is 1.83. The van der Waals surface area contributed by atoms with Gasteiger partial charge >= 0.3 is 5.97 Å². The van der Waals surface area contributed by atoms with Crippen molar-refractivity contribution >= 4 is 5.97 Å². The molecule has 0 atom stereocenters. The topological polar surface area (TPSA) is 26.3 Å². The van der Waals surface area contributed by atoms with Crippen LogP contribution in [-0.4, -0.2) is 12.6 Å². The van der Waals surface area contributed by atoms with E-state index in [1.807, 2.05) is 0 Å². The third-order valence-electron chi connectivity index (χ3n) is 0.392. The van der Waals surface area contributed by atoms with E-state index in [1.54, 1.807) is 0 Å². The number of ether oxygens (including phenoxy) is 1. The van der Waals surface area contributed by atoms with Crippen molar-refractivity contribution < 1.29 is 10.9 Å². The van der Waals surface area contributed by atoms with E-state index in [2.05, 4.69) is 11.3 Å². The molecular weight excluding hydrogens is 92.1 g/mol. The normalized spacial score (nSPS) is 9.43. The molecule has 0 spiro atoms. The largest absolute Gasteiger partial charge is 0.463 e. The highest BCUT2D eigenvalue weighted by molar-refractivity contribution is 5.81. The van der Waals surface area contributed by atoms with Crippen LogP contribution in [0.3, 0.4) is 0 Å². The van der Waals surface area contributed by atoms with E-state index in [1.165, 1.54) is 0 Å². The molecule has 0 aromatic carbocycles. The summed E-state index contributed by atoms with van der Waals surface area (Å²) in [7, 11) is 0. The van der Waals surface area contributed by atoms with Crippen molar-refractivity contribution in [2.24, 2.45) is 0 Å². The lowest BCUT2D eigenvalue weighted by Gasteiger charge is -1.90. The monoisotopic (exact) mass is 100 g/mol. The summed E-state index contributed by atoms with van der Waals surface area (Å²) in [5.74, 6) is -0.492. The van der Waals surface area contributed by atoms with Crippen LogP contribution in [0.1, 0.15) is 1.37 Å². The number of esters is 1. The average molecular weight is 100 g/mol. The second-order valence-corrected chi connectivity index (χ2v) is 0.834. The first-order chi connectivity index (χ1) is 3.81. The van der Waals surface area contributed by atoms with E-state index in [9.17, 15) is 4.79 Å². The SMILES string of the molecule is [2H][CH]COC(=O)C=C. The minimum absolute atomic E-state index is 0.0326. The maximum atomic E-state index is 10.1. The summed E-state index contributed by atoms with van der Waals surface area (Å²) in [4.78, 5) is 10.1. The zero-order chi connectivity index (χ0) is 6.41. The van der Waals surface area contributed by atoms with Gasteiger partial charge < -0.3 is 4.74 Å². The molecule has 0 aliphatic heterocycles. The Labute approximate surface area is 44.2 Å². The van der Waals surface area contributed by atoms with Crippen molar-refractivity contribution in [2.75, 3.05) is 6.61 Å². The smallest absolute Gasteiger partial charge is 0.330 e. The molecule has 0 rings (SSSR count). The van der Waals surface area contributed by atoms with Crippen molar-refractivity contribution in [1.82, 2.24) is 0 Å². The first-order valence-corrected chi connectivity index (χ1v) is 1.80. The second kappa shape index (κ2) is 3.40. The molecule has 0 N–H and O–H groups in total. The highest BCUT2D eigenvalue weighted by Crippen LogP contribution is 1.74. The molecule has 2 heteroatoms. The summed E-state index contributed by atoms with van der Waals surface area (Å²) in [5, 5.41) is 0. The first kappa shape index (κ1) is 4.37. The van der Waals surface area contributed by atoms with Gasteiger partial charge in [0.15, 0.2) is 0 Å². The first-order valence-electron chi connectivity index (χ1n) is 2.38. The summed E-state index contributed by atoms with van der Waals surface area (Å²) in [6.45, 7) is 4.20. The van der Waals surface area contributed by atoms with Gasteiger partial charge in [-0.05, 0) is 6.90 Å². The quantitative estimate of drug-likeness (QED) is 0.382. The molecule has 0 saturated heterocycles. The Morgan fingerprint density at radius 3 is 3.29 bits per heavy atom. The number of hydrogen-bond acceptors (Lipinski definition) is 2. The van der Waals surface area contributed by atoms with Crippen LogP contribution in [0.2, 0.25) is 0 Å². The summed E-state index contributed by atoms with van der Waals surface area (Å²) in [6.07, 6.45) is 1.06. The third kappa shape index (κ3) is 3.03. The van der Waals surface area contributed by atoms with Crippen LogP contribution >= 0.6 is 0 Å². The molecule has 0 aliphatic carbocycles. The fourth-order valence-electron chi connectivity index (χ4n) is 0.141. The maximum absolute atomic E-state index is 10.1. The highest BCUT2D eigenvalue weighted by Gasteiger charge is 1.86. The van der Waals surface area contributed by atoms with Gasteiger partial charge in [0.2, 0.25) is 0 Å². The van der Waals surface area contributed by atoms with E-state index in [4.69, 9.17) is 1.37 Å². The standard InChI is InChI=1S/C5H7O2/c1-3-5(6)7-4-2/h3H,1-2,4H2/i2D. The molecule has 0 bridgehead atoms. The molecule has 1 radical (unpaired) electrons. The van der Waals surface area contributed by atoms with Gasteiger partial charge in [-0.15, -0.1) is 0 Å². The Kier molecular flexibility index (Phi) is 2.12. The predicted molar refractivity (Wildman–Crippen MR) is 26.5 cm³/mol. The number of rotatable bonds is 3. The van der Waals surface area contributed by atoms with E-state index >= 15 is 0 Å². The molecule has 2 nitrogen and oxygen atoms in total. The maximum Gasteiger partial charge on any atom is 0.330 e. The Morgan fingerprint density at radius 2 is 2.86 bits per heavy atom. The fraction of sp³-hybridized carbons (Fsp3) is 0.200. The van der Waals surface area contributed by atoms with Gasteiger partial charge in [0.05, 0.1) is 6.61 Å². The molecule has 0 amide bonds. The van der Waals surface area contributed by atoms with Crippen LogP contribution in [0.5, 0.6) is 0 Å². The van der Waals surface area contributed by atoms with E-state index < -0.39 is 5.97 Å². The van der Waals surface area contributed by atoms with Crippen LogP contribution < -0.4 is 0 Å². The summed E-state index contributed by atoms with van der Waals surface area (Å²) >= 11 is 0. The number of carbonyl (C=O) groups excluding carboxylic acids is 1. The fourth-order valence-corrected chi connectivity index (χ4v) is 0.141. The van der Waals surface area contributed by atoms with E-state index in [0.29, 0.717) is 0 Å². The van der Waals surface area contributed by atoms with Crippen LogP contribution in [0, 0.1) is 6.90 Å². The van der Waals surface area contributed by atoms with Gasteiger partial charge in [-0.3, -0.25) is 0 Å². The number of hydrogen-bond donors (Lipinski definition) is 0. The van der Waals surface area contributed by atoms with Gasteiger partial charge in [-0.1, -0.05) is 6.58 Å². The zero-order valence-corrected chi connectivity index (χ0v) is 3.89. The molecule has 0 aromatic rings. The predicted octanol–water partition coefficient (Wildman–Crippen LogP) is 0.550. The van der Waals surface area contributed by atoms with Crippen LogP contribution in [-0.2, 0) is 9.53 Å². The van der Waals surface area contributed by atoms with Crippen molar-refractivity contribution in [3.63, 3.8) is 0 Å². The van der Waals surface area contributed by atoms with Crippen LogP contribution in [0.4, 0.5) is 0 Å². The molecule has 0 heterocycles. The van der Waals surface area contributed by atoms with Gasteiger partial charge in [0.1, 0.15) is 0 Å². The molecule has 0 unspecified atom stereocenters. The van der Waals surface area contributed by atoms with Crippen molar-refractivity contribution in [3.05, 3.63) is 19.6 Å². The Balaban J connectivity index is 3.11. The minimum Gasteiger partial charge on any atom is -0.463 e. The Morgan fingerprint density at radius 1 is 2.14 bits per heavy atom.